The molecule has 0 saturated heterocycles. The van der Waals surface area contributed by atoms with Crippen molar-refractivity contribution in [2.24, 2.45) is 0 Å². The first-order valence-corrected chi connectivity index (χ1v) is 6.57. The number of amides is 2. The zero-order valence-electron chi connectivity index (χ0n) is 14.1. The van der Waals surface area contributed by atoms with E-state index >= 15 is 0 Å². The molecule has 0 unspecified atom stereocenters. The van der Waals surface area contributed by atoms with Crippen molar-refractivity contribution >= 4 is 18.2 Å². The van der Waals surface area contributed by atoms with Crippen LogP contribution in [0.25, 0.3) is 0 Å². The van der Waals surface area contributed by atoms with Crippen LogP contribution in [0.5, 0.6) is 0 Å². The van der Waals surface area contributed by atoms with E-state index in [1.165, 1.54) is 0 Å². The van der Waals surface area contributed by atoms with Gasteiger partial charge in [0.25, 0.3) is 0 Å². The number of carbonyl (C=O) groups excluding carboxylic acids is 3. The van der Waals surface area contributed by atoms with E-state index in [-0.39, 0.29) is 0 Å². The first-order valence-electron chi connectivity index (χ1n) is 6.57. The molecule has 8 heteroatoms. The number of nitrogens with one attached hydrogen (secondary N) is 1. The number of hydrogen-bond donors (Lipinski definition) is 1. The fourth-order valence-corrected chi connectivity index (χ4v) is 1.13. The largest absolute Gasteiger partial charge is 0.464 e. The molecule has 0 aliphatic rings. The smallest absolute Gasteiger partial charge is 0.434 e. The number of carbonyl (C=O) groups is 3. The van der Waals surface area contributed by atoms with E-state index < -0.39 is 35.1 Å². The molecule has 22 heavy (non-hydrogen) atoms. The molecule has 0 saturated carbocycles. The number of ether oxygens (including phenoxy) is 3. The molecule has 0 atom stereocenters. The molecule has 0 aliphatic carbocycles. The average Bonchev–Trinajstić information content (AvgIpc) is 2.29. The zero-order chi connectivity index (χ0) is 17.7. The second-order valence-corrected chi connectivity index (χ2v) is 6.37. The van der Waals surface area contributed by atoms with Crippen LogP contribution < -0.4 is 5.43 Å². The molecule has 0 aromatic carbocycles. The summed E-state index contributed by atoms with van der Waals surface area (Å²) in [6.07, 6.45) is -1.93. The maximum Gasteiger partial charge on any atom is 0.434 e. The van der Waals surface area contributed by atoms with Gasteiger partial charge in [0.2, 0.25) is 0 Å². The van der Waals surface area contributed by atoms with Crippen LogP contribution >= 0.6 is 0 Å². The van der Waals surface area contributed by atoms with Crippen LogP contribution in [0.3, 0.4) is 0 Å². The van der Waals surface area contributed by atoms with E-state index in [4.69, 9.17) is 9.47 Å². The van der Waals surface area contributed by atoms with Crippen molar-refractivity contribution in [2.45, 2.75) is 52.7 Å². The highest BCUT2D eigenvalue weighted by atomic mass is 16.6. The van der Waals surface area contributed by atoms with Gasteiger partial charge in [-0.1, -0.05) is 6.58 Å². The third-order valence-electron chi connectivity index (χ3n) is 1.87. The number of hydrazine groups is 1. The van der Waals surface area contributed by atoms with Gasteiger partial charge in [-0.05, 0) is 41.5 Å². The standard InChI is InChI=1S/C14H24N2O6/c1-9(10(17)20-8)16(12(19)22-14(5,6)7)15-11(18)21-13(2,3)4/h1H2,2-8H3,(H,15,18). The third-order valence-corrected chi connectivity index (χ3v) is 1.87. The van der Waals surface area contributed by atoms with Gasteiger partial charge < -0.3 is 14.2 Å². The summed E-state index contributed by atoms with van der Waals surface area (Å²) in [5, 5.41) is 0.547. The molecule has 0 radical (unpaired) electrons. The molecule has 2 amide bonds. The van der Waals surface area contributed by atoms with Crippen LogP contribution in [0.4, 0.5) is 9.59 Å². The quantitative estimate of drug-likeness (QED) is 0.364. The summed E-state index contributed by atoms with van der Waals surface area (Å²) >= 11 is 0. The van der Waals surface area contributed by atoms with E-state index in [9.17, 15) is 14.4 Å². The molecule has 0 spiro atoms. The Hall–Kier alpha value is -2.25. The van der Waals surface area contributed by atoms with Crippen LogP contribution in [0.15, 0.2) is 12.3 Å². The maximum atomic E-state index is 12.1. The Bertz CT molecular complexity index is 459. The van der Waals surface area contributed by atoms with Crippen molar-refractivity contribution in [2.75, 3.05) is 7.11 Å². The SMILES string of the molecule is C=C(C(=O)OC)N(NC(=O)OC(C)(C)C)C(=O)OC(C)(C)C. The highest BCUT2D eigenvalue weighted by molar-refractivity contribution is 5.92. The van der Waals surface area contributed by atoms with Gasteiger partial charge in [-0.2, -0.15) is 5.01 Å². The molecule has 0 aromatic heterocycles. The molecule has 0 aromatic rings. The molecule has 126 valence electrons. The van der Waals surface area contributed by atoms with Crippen molar-refractivity contribution in [3.8, 4) is 0 Å². The van der Waals surface area contributed by atoms with Gasteiger partial charge in [-0.25, -0.2) is 19.8 Å². The van der Waals surface area contributed by atoms with Gasteiger partial charge in [0.05, 0.1) is 7.11 Å². The van der Waals surface area contributed by atoms with Gasteiger partial charge in [-0.3, -0.25) is 0 Å². The van der Waals surface area contributed by atoms with E-state index in [0.29, 0.717) is 5.01 Å². The Morgan fingerprint density at radius 3 is 1.77 bits per heavy atom. The minimum absolute atomic E-state index is 0.414. The zero-order valence-corrected chi connectivity index (χ0v) is 14.1. The molecule has 0 bridgehead atoms. The number of nitrogens with zero attached hydrogens (tertiary/aromatic N) is 1. The van der Waals surface area contributed by atoms with Gasteiger partial charge in [-0.15, -0.1) is 0 Å². The summed E-state index contributed by atoms with van der Waals surface area (Å²) in [4.78, 5) is 35.4. The molecule has 8 nitrogen and oxygen atoms in total. The molecular weight excluding hydrogens is 292 g/mol. The lowest BCUT2D eigenvalue weighted by Gasteiger charge is -2.28. The minimum atomic E-state index is -0.992. The first kappa shape index (κ1) is 19.8. The lowest BCUT2D eigenvalue weighted by Crippen LogP contribution is -2.50. The fraction of sp³-hybridized carbons (Fsp3) is 0.643. The number of esters is 1. The van der Waals surface area contributed by atoms with Crippen LogP contribution in [0, 0.1) is 0 Å². The van der Waals surface area contributed by atoms with Crippen LogP contribution in [0.1, 0.15) is 41.5 Å². The normalized spacial score (nSPS) is 11.2. The molecule has 0 fully saturated rings. The van der Waals surface area contributed by atoms with Crippen LogP contribution in [0.2, 0.25) is 0 Å². The number of rotatable bonds is 2. The second kappa shape index (κ2) is 7.15. The van der Waals surface area contributed by atoms with Crippen molar-refractivity contribution in [3.63, 3.8) is 0 Å². The average molecular weight is 316 g/mol. The summed E-state index contributed by atoms with van der Waals surface area (Å²) in [7, 11) is 1.12. The summed E-state index contributed by atoms with van der Waals surface area (Å²) in [6, 6.07) is 0. The van der Waals surface area contributed by atoms with E-state index in [1.54, 1.807) is 41.5 Å². The first-order chi connectivity index (χ1) is 9.76. The molecule has 0 rings (SSSR count). The van der Waals surface area contributed by atoms with Crippen LogP contribution in [-0.2, 0) is 19.0 Å². The van der Waals surface area contributed by atoms with E-state index in [1.807, 2.05) is 0 Å². The molecule has 1 N–H and O–H groups in total. The summed E-state index contributed by atoms with van der Waals surface area (Å²) < 4.78 is 14.6. The summed E-state index contributed by atoms with van der Waals surface area (Å²) in [6.45, 7) is 13.3. The van der Waals surface area contributed by atoms with E-state index in [2.05, 4.69) is 16.7 Å². The fourth-order valence-electron chi connectivity index (χ4n) is 1.13. The van der Waals surface area contributed by atoms with Gasteiger partial charge in [0.15, 0.2) is 0 Å². The Morgan fingerprint density at radius 1 is 0.955 bits per heavy atom. The Labute approximate surface area is 130 Å². The Balaban J connectivity index is 5.18. The van der Waals surface area contributed by atoms with Crippen LogP contribution in [-0.4, -0.2) is 41.5 Å². The maximum absolute atomic E-state index is 12.1. The molecule has 0 aliphatic heterocycles. The highest BCUT2D eigenvalue weighted by Gasteiger charge is 2.30. The number of methoxy groups -OCH3 is 1. The number of hydrogen-bond acceptors (Lipinski definition) is 6. The third kappa shape index (κ3) is 7.51. The predicted octanol–water partition coefficient (Wildman–Crippen LogP) is 2.35. The van der Waals surface area contributed by atoms with Crippen molar-refractivity contribution in [1.29, 1.82) is 0 Å². The summed E-state index contributed by atoms with van der Waals surface area (Å²) in [5.41, 5.74) is 0.0805. The molecule has 0 heterocycles. The predicted molar refractivity (Wildman–Crippen MR) is 78.6 cm³/mol. The van der Waals surface area contributed by atoms with Gasteiger partial charge in [0, 0.05) is 0 Å². The lowest BCUT2D eigenvalue weighted by atomic mass is 10.2. The van der Waals surface area contributed by atoms with Gasteiger partial charge in [0.1, 0.15) is 16.9 Å². The topological polar surface area (TPSA) is 94.2 Å². The monoisotopic (exact) mass is 316 g/mol. The summed E-state index contributed by atoms with van der Waals surface area (Å²) in [5.74, 6) is -0.901. The Kier molecular flexibility index (Phi) is 6.42. The Morgan fingerprint density at radius 2 is 1.41 bits per heavy atom. The molecular formula is C14H24N2O6. The second-order valence-electron chi connectivity index (χ2n) is 6.37. The minimum Gasteiger partial charge on any atom is -0.464 e. The van der Waals surface area contributed by atoms with E-state index in [0.717, 1.165) is 7.11 Å². The van der Waals surface area contributed by atoms with Crippen molar-refractivity contribution in [1.82, 2.24) is 10.4 Å². The van der Waals surface area contributed by atoms with Crippen molar-refractivity contribution < 1.29 is 28.6 Å². The van der Waals surface area contributed by atoms with Gasteiger partial charge >= 0.3 is 18.2 Å². The highest BCUT2D eigenvalue weighted by Crippen LogP contribution is 2.13. The van der Waals surface area contributed by atoms with Crippen molar-refractivity contribution in [3.05, 3.63) is 12.3 Å². The lowest BCUT2D eigenvalue weighted by molar-refractivity contribution is -0.138.